The fourth-order valence-electron chi connectivity index (χ4n) is 4.09. The number of rotatable bonds is 4. The van der Waals surface area contributed by atoms with Crippen LogP contribution in [0.5, 0.6) is 5.75 Å². The molecule has 1 aliphatic rings. The lowest BCUT2D eigenvalue weighted by atomic mass is 9.96. The summed E-state index contributed by atoms with van der Waals surface area (Å²) in [6, 6.07) is 12.3. The second-order valence-corrected chi connectivity index (χ2v) is 7.93. The maximum Gasteiger partial charge on any atom is 0.246 e. The van der Waals surface area contributed by atoms with Gasteiger partial charge in [0.25, 0.3) is 0 Å². The lowest BCUT2D eigenvalue weighted by Crippen LogP contribution is -2.46. The number of aryl methyl sites for hydroxylation is 1. The molecule has 3 aromatic rings. The van der Waals surface area contributed by atoms with Gasteiger partial charge < -0.3 is 19.0 Å². The second-order valence-electron chi connectivity index (χ2n) is 7.93. The first kappa shape index (κ1) is 20.2. The van der Waals surface area contributed by atoms with Gasteiger partial charge in [-0.3, -0.25) is 4.79 Å². The van der Waals surface area contributed by atoms with Crippen LogP contribution in [0.4, 0.5) is 0 Å². The second kappa shape index (κ2) is 8.36. The molecule has 0 radical (unpaired) electrons. The van der Waals surface area contributed by atoms with Crippen molar-refractivity contribution in [1.82, 2.24) is 9.80 Å². The topological polar surface area (TPSA) is 45.9 Å². The first-order chi connectivity index (χ1) is 14.5. The van der Waals surface area contributed by atoms with Crippen LogP contribution >= 0.6 is 0 Å². The van der Waals surface area contributed by atoms with Crippen LogP contribution in [0.25, 0.3) is 27.7 Å². The summed E-state index contributed by atoms with van der Waals surface area (Å²) in [5.41, 5.74) is 5.70. The van der Waals surface area contributed by atoms with Crippen molar-refractivity contribution in [2.24, 2.45) is 0 Å². The van der Waals surface area contributed by atoms with Crippen molar-refractivity contribution in [2.45, 2.75) is 13.8 Å². The number of amides is 1. The van der Waals surface area contributed by atoms with E-state index in [-0.39, 0.29) is 5.91 Å². The van der Waals surface area contributed by atoms with Crippen molar-refractivity contribution in [2.75, 3.05) is 40.3 Å². The number of carbonyl (C=O) groups is 1. The third-order valence-corrected chi connectivity index (χ3v) is 5.91. The van der Waals surface area contributed by atoms with Crippen molar-refractivity contribution in [3.8, 4) is 16.9 Å². The van der Waals surface area contributed by atoms with E-state index in [4.69, 9.17) is 9.15 Å². The fraction of sp³-hybridized carbons (Fsp3) is 0.320. The van der Waals surface area contributed by atoms with Gasteiger partial charge in [0.2, 0.25) is 5.91 Å². The fourth-order valence-corrected chi connectivity index (χ4v) is 4.09. The molecule has 1 fully saturated rings. The number of methoxy groups -OCH3 is 1. The molecule has 30 heavy (non-hydrogen) atoms. The number of fused-ring (bicyclic) bond motifs is 1. The first-order valence-electron chi connectivity index (χ1n) is 10.3. The Bertz CT molecular complexity index is 1090. The molecule has 156 valence electrons. The Hall–Kier alpha value is -3.05. The van der Waals surface area contributed by atoms with E-state index in [9.17, 15) is 4.79 Å². The van der Waals surface area contributed by atoms with Crippen molar-refractivity contribution in [3.63, 3.8) is 0 Å². The molecule has 0 bridgehead atoms. The van der Waals surface area contributed by atoms with Gasteiger partial charge in [-0.05, 0) is 38.1 Å². The van der Waals surface area contributed by atoms with E-state index in [0.717, 1.165) is 70.7 Å². The SMILES string of the molecule is COc1c(/C(C)=C/C(=O)N2CCN(C)CC2)cc2c(-c3ccccc3)coc2c1C. The lowest BCUT2D eigenvalue weighted by molar-refractivity contribution is -0.127. The Balaban J connectivity index is 1.76. The molecule has 0 spiro atoms. The highest BCUT2D eigenvalue weighted by molar-refractivity contribution is 6.01. The minimum Gasteiger partial charge on any atom is -0.496 e. The van der Waals surface area contributed by atoms with E-state index < -0.39 is 0 Å². The molecule has 2 heterocycles. The minimum absolute atomic E-state index is 0.0517. The van der Waals surface area contributed by atoms with Crippen LogP contribution in [0.15, 0.2) is 53.2 Å². The Kier molecular flexibility index (Phi) is 5.64. The molecule has 1 amide bonds. The maximum absolute atomic E-state index is 12.8. The number of benzene rings is 2. The van der Waals surface area contributed by atoms with Crippen LogP contribution in [-0.2, 0) is 4.79 Å². The first-order valence-corrected chi connectivity index (χ1v) is 10.3. The smallest absolute Gasteiger partial charge is 0.246 e. The number of ether oxygens (including phenoxy) is 1. The number of hydrogen-bond acceptors (Lipinski definition) is 4. The number of piperazine rings is 1. The minimum atomic E-state index is 0.0517. The molecule has 0 saturated carbocycles. The Morgan fingerprint density at radius 3 is 2.50 bits per heavy atom. The van der Waals surface area contributed by atoms with Gasteiger partial charge in [0, 0.05) is 54.3 Å². The number of hydrogen-bond donors (Lipinski definition) is 0. The maximum atomic E-state index is 12.8. The van der Waals surface area contributed by atoms with Crippen LogP contribution in [0.3, 0.4) is 0 Å². The number of likely N-dealkylation sites (N-methyl/N-ethyl adjacent to an activating group) is 1. The number of nitrogens with zero attached hydrogens (tertiary/aromatic N) is 2. The predicted molar refractivity (Wildman–Crippen MR) is 121 cm³/mol. The standard InChI is InChI=1S/C25H28N2O3/c1-17(14-23(28)27-12-10-26(3)11-13-27)20-15-21-22(19-8-6-5-7-9-19)16-30-25(21)18(2)24(20)29-4/h5-9,14-16H,10-13H2,1-4H3/b17-14+. The third kappa shape index (κ3) is 3.73. The molecule has 5 heteroatoms. The summed E-state index contributed by atoms with van der Waals surface area (Å²) in [6.07, 6.45) is 3.53. The van der Waals surface area contributed by atoms with Crippen LogP contribution in [-0.4, -0.2) is 56.0 Å². The van der Waals surface area contributed by atoms with Gasteiger partial charge in [0.1, 0.15) is 11.3 Å². The van der Waals surface area contributed by atoms with Gasteiger partial charge in [0.05, 0.1) is 13.4 Å². The van der Waals surface area contributed by atoms with E-state index in [0.29, 0.717) is 0 Å². The highest BCUT2D eigenvalue weighted by Gasteiger charge is 2.21. The van der Waals surface area contributed by atoms with Crippen molar-refractivity contribution < 1.29 is 13.9 Å². The molecule has 1 aromatic heterocycles. The highest BCUT2D eigenvalue weighted by Crippen LogP contribution is 2.40. The monoisotopic (exact) mass is 404 g/mol. The predicted octanol–water partition coefficient (Wildman–Crippen LogP) is 4.59. The quantitative estimate of drug-likeness (QED) is 0.597. The molecular formula is C25H28N2O3. The molecular weight excluding hydrogens is 376 g/mol. The highest BCUT2D eigenvalue weighted by atomic mass is 16.5. The van der Waals surface area contributed by atoms with Crippen molar-refractivity contribution in [1.29, 1.82) is 0 Å². The number of allylic oxidation sites excluding steroid dienone is 1. The van der Waals surface area contributed by atoms with Crippen LogP contribution in [0, 0.1) is 6.92 Å². The zero-order valence-electron chi connectivity index (χ0n) is 18.1. The van der Waals surface area contributed by atoms with Crippen LogP contribution in [0.2, 0.25) is 0 Å². The summed E-state index contributed by atoms with van der Waals surface area (Å²) >= 11 is 0. The van der Waals surface area contributed by atoms with E-state index in [1.165, 1.54) is 0 Å². The Morgan fingerprint density at radius 2 is 1.83 bits per heavy atom. The van der Waals surface area contributed by atoms with Gasteiger partial charge in [-0.15, -0.1) is 0 Å². The summed E-state index contributed by atoms with van der Waals surface area (Å²) in [5, 5.41) is 1.02. The molecule has 0 atom stereocenters. The van der Waals surface area contributed by atoms with Crippen molar-refractivity contribution in [3.05, 3.63) is 59.9 Å². The van der Waals surface area contributed by atoms with Crippen LogP contribution in [0.1, 0.15) is 18.1 Å². The van der Waals surface area contributed by atoms with E-state index in [1.54, 1.807) is 19.4 Å². The van der Waals surface area contributed by atoms with E-state index in [2.05, 4.69) is 30.1 Å². The lowest BCUT2D eigenvalue weighted by Gasteiger charge is -2.31. The van der Waals surface area contributed by atoms with Gasteiger partial charge in [-0.1, -0.05) is 30.3 Å². The zero-order valence-corrected chi connectivity index (χ0v) is 18.1. The number of furan rings is 1. The molecule has 5 nitrogen and oxygen atoms in total. The van der Waals surface area contributed by atoms with Gasteiger partial charge in [0.15, 0.2) is 0 Å². The third-order valence-electron chi connectivity index (χ3n) is 5.91. The summed E-state index contributed by atoms with van der Waals surface area (Å²) < 4.78 is 11.6. The molecule has 0 aliphatic carbocycles. The normalized spacial score (nSPS) is 15.6. The Labute approximate surface area is 177 Å². The molecule has 1 saturated heterocycles. The van der Waals surface area contributed by atoms with Gasteiger partial charge in [-0.25, -0.2) is 0 Å². The summed E-state index contributed by atoms with van der Waals surface area (Å²) in [6.45, 7) is 7.30. The van der Waals surface area contributed by atoms with Gasteiger partial charge in [-0.2, -0.15) is 0 Å². The molecule has 4 rings (SSSR count). The average molecular weight is 405 g/mol. The van der Waals surface area contributed by atoms with Gasteiger partial charge >= 0.3 is 0 Å². The summed E-state index contributed by atoms with van der Waals surface area (Å²) in [4.78, 5) is 17.0. The van der Waals surface area contributed by atoms with Crippen molar-refractivity contribution >= 4 is 22.4 Å². The molecule has 1 aliphatic heterocycles. The largest absolute Gasteiger partial charge is 0.496 e. The Morgan fingerprint density at radius 1 is 1.13 bits per heavy atom. The zero-order chi connectivity index (χ0) is 21.3. The molecule has 0 unspecified atom stereocenters. The molecule has 2 aromatic carbocycles. The molecule has 0 N–H and O–H groups in total. The average Bonchev–Trinajstić information content (AvgIpc) is 3.19. The summed E-state index contributed by atoms with van der Waals surface area (Å²) in [7, 11) is 3.75. The number of carbonyl (C=O) groups excluding carboxylic acids is 1. The van der Waals surface area contributed by atoms with E-state index in [1.807, 2.05) is 36.9 Å². The summed E-state index contributed by atoms with van der Waals surface area (Å²) in [5.74, 6) is 0.798. The van der Waals surface area contributed by atoms with Crippen LogP contribution < -0.4 is 4.74 Å². The van der Waals surface area contributed by atoms with E-state index >= 15 is 0 Å².